The van der Waals surface area contributed by atoms with Gasteiger partial charge in [0.1, 0.15) is 4.90 Å². The molecule has 164 valence electrons. The second kappa shape index (κ2) is 9.61. The molecule has 0 bridgehead atoms. The fourth-order valence-electron chi connectivity index (χ4n) is 2.72. The number of aromatic nitrogens is 2. The fourth-order valence-corrected chi connectivity index (χ4v) is 4.90. The van der Waals surface area contributed by atoms with Gasteiger partial charge in [-0.25, -0.2) is 17.9 Å². The molecule has 0 saturated heterocycles. The van der Waals surface area contributed by atoms with Crippen LogP contribution in [0, 0.1) is 0 Å². The second-order valence-electron chi connectivity index (χ2n) is 6.56. The normalized spacial score (nSPS) is 11.4. The molecule has 4 aromatic rings. The first-order valence-electron chi connectivity index (χ1n) is 9.28. The molecule has 0 aliphatic carbocycles. The van der Waals surface area contributed by atoms with E-state index in [2.05, 4.69) is 14.9 Å². The van der Waals surface area contributed by atoms with Gasteiger partial charge in [0, 0.05) is 17.5 Å². The van der Waals surface area contributed by atoms with Gasteiger partial charge in [-0.2, -0.15) is 16.3 Å². The average molecular weight is 490 g/mol. The van der Waals surface area contributed by atoms with Crippen LogP contribution >= 0.6 is 22.9 Å². The molecule has 2 aromatic heterocycles. The molecule has 0 amide bonds. The summed E-state index contributed by atoms with van der Waals surface area (Å²) in [5, 5.41) is 7.57. The molecular formula is C21H16ClN3O5S2. The molecule has 0 radical (unpaired) electrons. The molecule has 0 unspecified atom stereocenters. The van der Waals surface area contributed by atoms with Crippen LogP contribution in [0.3, 0.4) is 0 Å². The number of nitrogens with one attached hydrogen (secondary N) is 1. The van der Waals surface area contributed by atoms with Gasteiger partial charge in [0.15, 0.2) is 6.61 Å². The van der Waals surface area contributed by atoms with Crippen LogP contribution in [0.5, 0.6) is 0 Å². The lowest BCUT2D eigenvalue weighted by atomic mass is 10.2. The molecular weight excluding hydrogens is 474 g/mol. The lowest BCUT2D eigenvalue weighted by Crippen LogP contribution is -2.24. The fraction of sp³-hybridized carbons (Fsp3) is 0.0952. The number of halogens is 1. The number of carbonyl (C=O) groups is 1. The maximum absolute atomic E-state index is 12.7. The molecule has 2 aromatic carbocycles. The number of thiophene rings is 1. The van der Waals surface area contributed by atoms with E-state index in [0.717, 1.165) is 11.1 Å². The quantitative estimate of drug-likeness (QED) is 0.367. The van der Waals surface area contributed by atoms with E-state index in [-0.39, 0.29) is 34.5 Å². The molecule has 0 fully saturated rings. The molecule has 11 heteroatoms. The van der Waals surface area contributed by atoms with E-state index in [9.17, 15) is 13.2 Å². The van der Waals surface area contributed by atoms with Gasteiger partial charge in [0.05, 0.1) is 10.6 Å². The summed E-state index contributed by atoms with van der Waals surface area (Å²) in [7, 11) is -3.96. The van der Waals surface area contributed by atoms with Crippen LogP contribution in [0.4, 0.5) is 0 Å². The van der Waals surface area contributed by atoms with Crippen molar-refractivity contribution in [3.05, 3.63) is 87.4 Å². The molecule has 0 aliphatic heterocycles. The summed E-state index contributed by atoms with van der Waals surface area (Å²) < 4.78 is 38.2. The Kier molecular flexibility index (Phi) is 6.66. The number of carbonyl (C=O) groups excluding carboxylic acids is 1. The first kappa shape index (κ1) is 22.2. The van der Waals surface area contributed by atoms with Crippen LogP contribution in [0.25, 0.3) is 11.4 Å². The maximum Gasteiger partial charge on any atom is 0.338 e. The summed E-state index contributed by atoms with van der Waals surface area (Å²) >= 11 is 7.58. The van der Waals surface area contributed by atoms with Crippen molar-refractivity contribution in [2.45, 2.75) is 18.0 Å². The van der Waals surface area contributed by atoms with Gasteiger partial charge in [0.2, 0.25) is 15.8 Å². The van der Waals surface area contributed by atoms with Crippen molar-refractivity contribution in [2.24, 2.45) is 0 Å². The van der Waals surface area contributed by atoms with Gasteiger partial charge in [-0.05, 0) is 35.2 Å². The predicted octanol–water partition coefficient (Wildman–Crippen LogP) is 4.29. The van der Waals surface area contributed by atoms with Crippen LogP contribution < -0.4 is 4.72 Å². The number of ether oxygens (including phenoxy) is 1. The first-order valence-corrected chi connectivity index (χ1v) is 12.1. The molecule has 0 spiro atoms. The number of rotatable bonds is 8. The molecule has 0 saturated carbocycles. The van der Waals surface area contributed by atoms with E-state index < -0.39 is 16.0 Å². The van der Waals surface area contributed by atoms with Gasteiger partial charge in [0.25, 0.3) is 5.89 Å². The Balaban J connectivity index is 1.44. The van der Waals surface area contributed by atoms with Crippen molar-refractivity contribution in [3.8, 4) is 11.4 Å². The largest absolute Gasteiger partial charge is 0.452 e. The predicted molar refractivity (Wildman–Crippen MR) is 119 cm³/mol. The monoisotopic (exact) mass is 489 g/mol. The van der Waals surface area contributed by atoms with Crippen molar-refractivity contribution in [1.29, 1.82) is 0 Å². The highest BCUT2D eigenvalue weighted by molar-refractivity contribution is 7.89. The van der Waals surface area contributed by atoms with E-state index in [4.69, 9.17) is 20.9 Å². The summed E-state index contributed by atoms with van der Waals surface area (Å²) in [4.78, 5) is 16.4. The highest BCUT2D eigenvalue weighted by Gasteiger charge is 2.21. The van der Waals surface area contributed by atoms with Crippen molar-refractivity contribution >= 4 is 38.9 Å². The van der Waals surface area contributed by atoms with Crippen molar-refractivity contribution < 1.29 is 22.5 Å². The summed E-state index contributed by atoms with van der Waals surface area (Å²) in [6, 6.07) is 14.7. The lowest BCUT2D eigenvalue weighted by Gasteiger charge is -2.10. The maximum atomic E-state index is 12.7. The van der Waals surface area contributed by atoms with Crippen molar-refractivity contribution in [1.82, 2.24) is 14.9 Å². The molecule has 0 aliphatic rings. The molecule has 2 heterocycles. The Morgan fingerprint density at radius 3 is 2.72 bits per heavy atom. The van der Waals surface area contributed by atoms with Crippen molar-refractivity contribution in [3.63, 3.8) is 0 Å². The van der Waals surface area contributed by atoms with Gasteiger partial charge in [-0.1, -0.05) is 47.1 Å². The van der Waals surface area contributed by atoms with Crippen LogP contribution in [-0.4, -0.2) is 24.5 Å². The van der Waals surface area contributed by atoms with Crippen LogP contribution in [0.2, 0.25) is 5.02 Å². The van der Waals surface area contributed by atoms with E-state index in [0.29, 0.717) is 5.82 Å². The number of benzene rings is 2. The smallest absolute Gasteiger partial charge is 0.338 e. The standard InChI is InChI=1S/C21H16ClN3O5S2/c22-17-7-6-15(10-18(17)32(27,28)23-11-14-4-2-1-3-5-14)21(26)29-12-19-24-20(25-30-19)16-8-9-31-13-16/h1-10,13,23H,11-12H2. The van der Waals surface area contributed by atoms with E-state index in [1.807, 2.05) is 22.9 Å². The summed E-state index contributed by atoms with van der Waals surface area (Å²) in [6.45, 7) is -0.176. The molecule has 0 atom stereocenters. The Morgan fingerprint density at radius 2 is 1.97 bits per heavy atom. The minimum atomic E-state index is -3.96. The highest BCUT2D eigenvalue weighted by atomic mass is 35.5. The molecule has 1 N–H and O–H groups in total. The minimum absolute atomic E-state index is 0.0144. The zero-order valence-corrected chi connectivity index (χ0v) is 18.8. The summed E-state index contributed by atoms with van der Waals surface area (Å²) in [5.74, 6) is -0.246. The summed E-state index contributed by atoms with van der Waals surface area (Å²) in [5.41, 5.74) is 1.60. The third-order valence-corrected chi connectivity index (χ3v) is 6.91. The Hall–Kier alpha value is -3.05. The summed E-state index contributed by atoms with van der Waals surface area (Å²) in [6.07, 6.45) is 0. The van der Waals surface area contributed by atoms with Crippen LogP contribution in [0.1, 0.15) is 21.8 Å². The average Bonchev–Trinajstić information content (AvgIpc) is 3.49. The van der Waals surface area contributed by atoms with Gasteiger partial charge < -0.3 is 9.26 Å². The van der Waals surface area contributed by atoms with Crippen LogP contribution in [0.15, 0.2) is 74.8 Å². The number of nitrogens with zero attached hydrogens (tertiary/aromatic N) is 2. The van der Waals surface area contributed by atoms with Gasteiger partial charge >= 0.3 is 5.97 Å². The Morgan fingerprint density at radius 1 is 1.16 bits per heavy atom. The Labute approximate surface area is 192 Å². The van der Waals surface area contributed by atoms with Gasteiger partial charge in [-0.15, -0.1) is 0 Å². The minimum Gasteiger partial charge on any atom is -0.452 e. The highest BCUT2D eigenvalue weighted by Crippen LogP contribution is 2.24. The number of sulfonamides is 1. The van der Waals surface area contributed by atoms with Crippen LogP contribution in [-0.2, 0) is 27.9 Å². The zero-order valence-electron chi connectivity index (χ0n) is 16.4. The number of hydrogen-bond donors (Lipinski definition) is 1. The first-order chi connectivity index (χ1) is 15.4. The second-order valence-corrected chi connectivity index (χ2v) is 9.48. The third kappa shape index (κ3) is 5.22. The van der Waals surface area contributed by atoms with Gasteiger partial charge in [-0.3, -0.25) is 0 Å². The molecule has 32 heavy (non-hydrogen) atoms. The Bertz CT molecular complexity index is 1320. The van der Waals surface area contributed by atoms with Crippen molar-refractivity contribution in [2.75, 3.05) is 0 Å². The van der Waals surface area contributed by atoms with E-state index >= 15 is 0 Å². The number of esters is 1. The number of hydrogen-bond acceptors (Lipinski definition) is 8. The zero-order chi connectivity index (χ0) is 22.6. The SMILES string of the molecule is O=C(OCc1nc(-c2ccsc2)no1)c1ccc(Cl)c(S(=O)(=O)NCc2ccccc2)c1. The lowest BCUT2D eigenvalue weighted by molar-refractivity contribution is 0.0429. The molecule has 4 rings (SSSR count). The third-order valence-electron chi connectivity index (χ3n) is 4.34. The van der Waals surface area contributed by atoms with E-state index in [1.54, 1.807) is 24.3 Å². The topological polar surface area (TPSA) is 111 Å². The van der Waals surface area contributed by atoms with E-state index in [1.165, 1.54) is 29.5 Å². The molecule has 8 nitrogen and oxygen atoms in total.